The van der Waals surface area contributed by atoms with Gasteiger partial charge in [0.05, 0.1) is 6.42 Å². The van der Waals surface area contributed by atoms with Crippen molar-refractivity contribution < 1.29 is 4.79 Å². The highest BCUT2D eigenvalue weighted by atomic mass is 16.1. The Hall–Kier alpha value is -0.810. The summed E-state index contributed by atoms with van der Waals surface area (Å²) in [5.41, 5.74) is 0. The summed E-state index contributed by atoms with van der Waals surface area (Å²) in [6.45, 7) is 2.21. The summed E-state index contributed by atoms with van der Waals surface area (Å²) in [6, 6.07) is 0. The van der Waals surface area contributed by atoms with Gasteiger partial charge in [0, 0.05) is 6.42 Å². The van der Waals surface area contributed by atoms with Gasteiger partial charge < -0.3 is 5.32 Å². The number of ketones is 1. The number of Topliss-reactive ketones (excluding diaryl/α,β-unsaturated/α-hetero) is 1. The molecule has 0 aromatic carbocycles. The maximum Gasteiger partial charge on any atom is 0.144 e. The van der Waals surface area contributed by atoms with Gasteiger partial charge in [-0.25, -0.2) is 0 Å². The van der Waals surface area contributed by atoms with Gasteiger partial charge in [0.2, 0.25) is 0 Å². The molecule has 1 fully saturated rings. The molecule has 0 radical (unpaired) electrons. The minimum Gasteiger partial charge on any atom is -0.317 e. The van der Waals surface area contributed by atoms with Crippen molar-refractivity contribution in [3.63, 3.8) is 0 Å². The highest BCUT2D eigenvalue weighted by Crippen LogP contribution is 2.17. The van der Waals surface area contributed by atoms with Crippen molar-refractivity contribution in [3.05, 3.63) is 0 Å². The van der Waals surface area contributed by atoms with Crippen LogP contribution in [0.4, 0.5) is 0 Å². The normalized spacial score (nSPS) is 18.1. The molecule has 1 heterocycles. The molecule has 0 aromatic rings. The first kappa shape index (κ1) is 10.3. The highest BCUT2D eigenvalue weighted by molar-refractivity contribution is 5.80. The number of hydrogen-bond acceptors (Lipinski definition) is 2. The van der Waals surface area contributed by atoms with Crippen LogP contribution >= 0.6 is 0 Å². The third-order valence-corrected chi connectivity index (χ3v) is 2.59. The Balaban J connectivity index is 2.10. The molecular formula is C11H17NO. The van der Waals surface area contributed by atoms with Crippen molar-refractivity contribution in [2.45, 2.75) is 32.1 Å². The standard InChI is InChI=1S/C11H17NO/c1-2-3-11(13)5-4-10-6-8-12-9-7-10/h1,10,12H,3-9H2. The molecule has 13 heavy (non-hydrogen) atoms. The van der Waals surface area contributed by atoms with E-state index >= 15 is 0 Å². The second-order valence-corrected chi connectivity index (χ2v) is 3.65. The minimum atomic E-state index is 0.223. The van der Waals surface area contributed by atoms with Gasteiger partial charge in [0.1, 0.15) is 5.78 Å². The summed E-state index contributed by atoms with van der Waals surface area (Å²) >= 11 is 0. The number of nitrogens with one attached hydrogen (secondary N) is 1. The Morgan fingerprint density at radius 1 is 1.46 bits per heavy atom. The van der Waals surface area contributed by atoms with Gasteiger partial charge in [-0.15, -0.1) is 6.42 Å². The number of carbonyl (C=O) groups is 1. The van der Waals surface area contributed by atoms with Crippen LogP contribution in [0.1, 0.15) is 32.1 Å². The SMILES string of the molecule is C#CCC(=O)CCC1CCNCC1. The Labute approximate surface area is 80.1 Å². The molecule has 0 aliphatic carbocycles. The molecule has 1 saturated heterocycles. The van der Waals surface area contributed by atoms with E-state index in [1.807, 2.05) is 0 Å². The lowest BCUT2D eigenvalue weighted by Gasteiger charge is -2.21. The zero-order chi connectivity index (χ0) is 9.52. The fourth-order valence-corrected chi connectivity index (χ4v) is 1.74. The molecule has 2 heteroatoms. The van der Waals surface area contributed by atoms with Crippen molar-refractivity contribution in [3.8, 4) is 12.3 Å². The fourth-order valence-electron chi connectivity index (χ4n) is 1.74. The first-order valence-corrected chi connectivity index (χ1v) is 4.99. The van der Waals surface area contributed by atoms with Crippen LogP contribution in [-0.2, 0) is 4.79 Å². The van der Waals surface area contributed by atoms with Crippen LogP contribution < -0.4 is 5.32 Å². The van der Waals surface area contributed by atoms with E-state index in [1.165, 1.54) is 12.8 Å². The smallest absolute Gasteiger partial charge is 0.144 e. The molecule has 72 valence electrons. The minimum absolute atomic E-state index is 0.223. The Morgan fingerprint density at radius 2 is 2.15 bits per heavy atom. The topological polar surface area (TPSA) is 29.1 Å². The third-order valence-electron chi connectivity index (χ3n) is 2.59. The van der Waals surface area contributed by atoms with Gasteiger partial charge in [0.15, 0.2) is 0 Å². The number of rotatable bonds is 4. The van der Waals surface area contributed by atoms with Crippen LogP contribution in [0.5, 0.6) is 0 Å². The fraction of sp³-hybridized carbons (Fsp3) is 0.727. The van der Waals surface area contributed by atoms with E-state index in [1.54, 1.807) is 0 Å². The van der Waals surface area contributed by atoms with E-state index in [0.29, 0.717) is 12.8 Å². The highest BCUT2D eigenvalue weighted by Gasteiger charge is 2.13. The zero-order valence-electron chi connectivity index (χ0n) is 8.01. The van der Waals surface area contributed by atoms with E-state index in [2.05, 4.69) is 11.2 Å². The largest absolute Gasteiger partial charge is 0.317 e. The lowest BCUT2D eigenvalue weighted by molar-refractivity contribution is -0.118. The summed E-state index contributed by atoms with van der Waals surface area (Å²) in [4.78, 5) is 11.1. The average molecular weight is 179 g/mol. The lowest BCUT2D eigenvalue weighted by atomic mass is 9.92. The summed E-state index contributed by atoms with van der Waals surface area (Å²) in [5, 5.41) is 3.31. The molecule has 1 rings (SSSR count). The van der Waals surface area contributed by atoms with Gasteiger partial charge in [-0.1, -0.05) is 5.92 Å². The van der Waals surface area contributed by atoms with Gasteiger partial charge in [0.25, 0.3) is 0 Å². The van der Waals surface area contributed by atoms with Crippen LogP contribution in [0.3, 0.4) is 0 Å². The average Bonchev–Trinajstić information content (AvgIpc) is 2.17. The van der Waals surface area contributed by atoms with E-state index in [0.717, 1.165) is 25.4 Å². The number of carbonyl (C=O) groups excluding carboxylic acids is 1. The van der Waals surface area contributed by atoms with Gasteiger partial charge >= 0.3 is 0 Å². The van der Waals surface area contributed by atoms with Crippen LogP contribution in [0, 0.1) is 18.3 Å². The molecule has 0 atom stereocenters. The summed E-state index contributed by atoms with van der Waals surface area (Å²) < 4.78 is 0. The van der Waals surface area contributed by atoms with Crippen LogP contribution in [0.2, 0.25) is 0 Å². The van der Waals surface area contributed by atoms with Gasteiger partial charge in [-0.2, -0.15) is 0 Å². The zero-order valence-corrected chi connectivity index (χ0v) is 8.01. The Kier molecular flexibility index (Phi) is 4.56. The summed E-state index contributed by atoms with van der Waals surface area (Å²) in [7, 11) is 0. The van der Waals surface area contributed by atoms with E-state index in [4.69, 9.17) is 6.42 Å². The lowest BCUT2D eigenvalue weighted by Crippen LogP contribution is -2.27. The van der Waals surface area contributed by atoms with Gasteiger partial charge in [-0.3, -0.25) is 4.79 Å². The number of terminal acetylenes is 1. The molecule has 0 aromatic heterocycles. The quantitative estimate of drug-likeness (QED) is 0.660. The Morgan fingerprint density at radius 3 is 2.77 bits per heavy atom. The van der Waals surface area contributed by atoms with E-state index in [9.17, 15) is 4.79 Å². The van der Waals surface area contributed by atoms with Crippen molar-refractivity contribution in [1.82, 2.24) is 5.32 Å². The number of piperidine rings is 1. The predicted octanol–water partition coefficient (Wildman–Crippen LogP) is 1.36. The molecule has 0 spiro atoms. The van der Waals surface area contributed by atoms with Crippen LogP contribution in [-0.4, -0.2) is 18.9 Å². The first-order valence-electron chi connectivity index (χ1n) is 4.99. The summed E-state index contributed by atoms with van der Waals surface area (Å²) in [6.07, 6.45) is 9.50. The maximum absolute atomic E-state index is 11.1. The molecule has 0 unspecified atom stereocenters. The Bertz CT molecular complexity index is 199. The van der Waals surface area contributed by atoms with E-state index in [-0.39, 0.29) is 5.78 Å². The molecule has 2 nitrogen and oxygen atoms in total. The summed E-state index contributed by atoms with van der Waals surface area (Å²) in [5.74, 6) is 3.36. The van der Waals surface area contributed by atoms with Crippen molar-refractivity contribution in [1.29, 1.82) is 0 Å². The van der Waals surface area contributed by atoms with E-state index < -0.39 is 0 Å². The molecule has 1 aliphatic heterocycles. The van der Waals surface area contributed by atoms with Crippen molar-refractivity contribution in [2.24, 2.45) is 5.92 Å². The molecule has 0 amide bonds. The predicted molar refractivity (Wildman–Crippen MR) is 53.3 cm³/mol. The maximum atomic E-state index is 11.1. The first-order chi connectivity index (χ1) is 6.33. The molecule has 1 aliphatic rings. The monoisotopic (exact) mass is 179 g/mol. The second-order valence-electron chi connectivity index (χ2n) is 3.65. The second kappa shape index (κ2) is 5.77. The number of hydrogen-bond donors (Lipinski definition) is 1. The van der Waals surface area contributed by atoms with Crippen LogP contribution in [0.25, 0.3) is 0 Å². The van der Waals surface area contributed by atoms with Crippen LogP contribution in [0.15, 0.2) is 0 Å². The van der Waals surface area contributed by atoms with Gasteiger partial charge in [-0.05, 0) is 38.3 Å². The molecular weight excluding hydrogens is 162 g/mol. The van der Waals surface area contributed by atoms with Crippen molar-refractivity contribution in [2.75, 3.05) is 13.1 Å². The molecule has 1 N–H and O–H groups in total. The third kappa shape index (κ3) is 4.10. The molecule has 0 saturated carbocycles. The molecule has 0 bridgehead atoms. The van der Waals surface area contributed by atoms with Crippen molar-refractivity contribution >= 4 is 5.78 Å².